The second-order valence-electron chi connectivity index (χ2n) is 5.83. The molecule has 1 N–H and O–H groups in total. The van der Waals surface area contributed by atoms with E-state index in [1.54, 1.807) is 0 Å². The van der Waals surface area contributed by atoms with Gasteiger partial charge in [0, 0.05) is 12.6 Å². The van der Waals surface area contributed by atoms with Crippen molar-refractivity contribution in [1.82, 2.24) is 5.32 Å². The van der Waals surface area contributed by atoms with Crippen molar-refractivity contribution in [3.05, 3.63) is 12.2 Å². The maximum atomic E-state index is 11.2. The van der Waals surface area contributed by atoms with E-state index >= 15 is 0 Å². The molecule has 128 valence electrons. The Balaban J connectivity index is 0. The molecule has 0 heterocycles. The van der Waals surface area contributed by atoms with Gasteiger partial charge in [-0.1, -0.05) is 77.6 Å². The van der Waals surface area contributed by atoms with Crippen LogP contribution in [0.5, 0.6) is 0 Å². The van der Waals surface area contributed by atoms with E-state index in [0.29, 0.717) is 6.54 Å². The largest absolute Gasteiger partial charge is 1.00 e. The smallest absolute Gasteiger partial charge is 0.545 e. The van der Waals surface area contributed by atoms with Crippen molar-refractivity contribution >= 4 is 11.9 Å². The first-order valence-electron chi connectivity index (χ1n) is 8.83. The maximum absolute atomic E-state index is 11.2. The minimum Gasteiger partial charge on any atom is -0.545 e. The summed E-state index contributed by atoms with van der Waals surface area (Å²) in [6.45, 7) is 2.85. The normalized spacial score (nSPS) is 10.5. The van der Waals surface area contributed by atoms with Gasteiger partial charge in [-0.05, 0) is 12.5 Å². The predicted molar refractivity (Wildman–Crippen MR) is 88.2 cm³/mol. The van der Waals surface area contributed by atoms with Gasteiger partial charge in [0.25, 0.3) is 0 Å². The van der Waals surface area contributed by atoms with Gasteiger partial charge in [-0.25, -0.2) is 0 Å². The van der Waals surface area contributed by atoms with Crippen LogP contribution in [-0.2, 0) is 9.59 Å². The summed E-state index contributed by atoms with van der Waals surface area (Å²) in [5.41, 5.74) is 0. The van der Waals surface area contributed by atoms with Crippen molar-refractivity contribution in [2.75, 3.05) is 6.54 Å². The third-order valence-corrected chi connectivity index (χ3v) is 3.70. The van der Waals surface area contributed by atoms with E-state index in [1.165, 1.54) is 64.2 Å². The SMILES string of the molecule is CCCCCCCCCCCCCCNC(=O)/C=C\C(=O)[O-].[Na+]. The first-order valence-corrected chi connectivity index (χ1v) is 8.83. The summed E-state index contributed by atoms with van der Waals surface area (Å²) in [6, 6.07) is 0. The Hall–Kier alpha value is -0.320. The van der Waals surface area contributed by atoms with Crippen LogP contribution >= 0.6 is 0 Å². The summed E-state index contributed by atoms with van der Waals surface area (Å²) in [5, 5.41) is 12.8. The molecule has 0 aromatic heterocycles. The molecule has 0 aliphatic carbocycles. The number of carboxylic acids is 1. The van der Waals surface area contributed by atoms with E-state index < -0.39 is 5.97 Å². The van der Waals surface area contributed by atoms with Crippen LogP contribution in [0.1, 0.15) is 84.0 Å². The standard InChI is InChI=1S/C18H33NO3.Na/c1-2-3-4-5-6-7-8-9-10-11-12-13-16-19-17(20)14-15-18(21)22;/h14-15H,2-13,16H2,1H3,(H,19,20)(H,21,22);/q;+1/p-1/b15-14-;. The van der Waals surface area contributed by atoms with Crippen LogP contribution in [0.2, 0.25) is 0 Å². The van der Waals surface area contributed by atoms with Gasteiger partial charge >= 0.3 is 29.6 Å². The molecule has 0 atom stereocenters. The molecule has 0 bridgehead atoms. The van der Waals surface area contributed by atoms with Gasteiger partial charge < -0.3 is 15.2 Å². The van der Waals surface area contributed by atoms with Crippen LogP contribution in [0.15, 0.2) is 12.2 Å². The average molecular weight is 333 g/mol. The Labute approximate surface area is 163 Å². The van der Waals surface area contributed by atoms with E-state index in [-0.39, 0.29) is 35.5 Å². The van der Waals surface area contributed by atoms with E-state index in [0.717, 1.165) is 25.0 Å². The molecule has 0 saturated heterocycles. The van der Waals surface area contributed by atoms with Crippen molar-refractivity contribution in [1.29, 1.82) is 0 Å². The molecule has 5 heteroatoms. The molecule has 0 radical (unpaired) electrons. The number of carbonyl (C=O) groups excluding carboxylic acids is 2. The first-order chi connectivity index (χ1) is 10.7. The van der Waals surface area contributed by atoms with E-state index in [9.17, 15) is 14.7 Å². The Morgan fingerprint density at radius 3 is 1.65 bits per heavy atom. The van der Waals surface area contributed by atoms with Gasteiger partial charge in [0.2, 0.25) is 5.91 Å². The van der Waals surface area contributed by atoms with Crippen molar-refractivity contribution in [2.45, 2.75) is 84.0 Å². The summed E-state index contributed by atoms with van der Waals surface area (Å²) in [5.74, 6) is -1.72. The fraction of sp³-hybridized carbons (Fsp3) is 0.778. The van der Waals surface area contributed by atoms with Crippen LogP contribution in [0.25, 0.3) is 0 Å². The number of hydrogen-bond acceptors (Lipinski definition) is 3. The molecule has 0 aliphatic heterocycles. The number of unbranched alkanes of at least 4 members (excludes halogenated alkanes) is 11. The number of nitrogens with one attached hydrogen (secondary N) is 1. The summed E-state index contributed by atoms with van der Waals surface area (Å²) in [7, 11) is 0. The van der Waals surface area contributed by atoms with Gasteiger partial charge in [0.1, 0.15) is 0 Å². The Morgan fingerprint density at radius 1 is 0.783 bits per heavy atom. The van der Waals surface area contributed by atoms with Gasteiger partial charge in [-0.2, -0.15) is 0 Å². The predicted octanol–water partition coefficient (Wildman–Crippen LogP) is 0.114. The van der Waals surface area contributed by atoms with Crippen molar-refractivity contribution in [2.24, 2.45) is 0 Å². The Kier molecular flexibility index (Phi) is 21.4. The topological polar surface area (TPSA) is 69.2 Å². The van der Waals surface area contributed by atoms with E-state index in [4.69, 9.17) is 0 Å². The third kappa shape index (κ3) is 21.7. The molecule has 0 aromatic rings. The van der Waals surface area contributed by atoms with Crippen LogP contribution in [0.3, 0.4) is 0 Å². The quantitative estimate of drug-likeness (QED) is 0.263. The molecule has 0 aromatic carbocycles. The van der Waals surface area contributed by atoms with E-state index in [1.807, 2.05) is 0 Å². The maximum Gasteiger partial charge on any atom is 1.00 e. The number of amides is 1. The Morgan fingerprint density at radius 2 is 1.22 bits per heavy atom. The zero-order valence-electron chi connectivity index (χ0n) is 15.1. The molecule has 0 saturated carbocycles. The Bertz CT molecular complexity index is 319. The summed E-state index contributed by atoms with van der Waals surface area (Å²) in [4.78, 5) is 21.3. The summed E-state index contributed by atoms with van der Waals surface area (Å²) < 4.78 is 0. The number of carbonyl (C=O) groups is 2. The molecule has 0 unspecified atom stereocenters. The van der Waals surface area contributed by atoms with Crippen LogP contribution < -0.4 is 40.0 Å². The van der Waals surface area contributed by atoms with Crippen molar-refractivity contribution in [3.8, 4) is 0 Å². The minimum absolute atomic E-state index is 0. The number of hydrogen-bond donors (Lipinski definition) is 1. The van der Waals surface area contributed by atoms with Crippen molar-refractivity contribution in [3.63, 3.8) is 0 Å². The molecule has 0 aliphatic rings. The number of rotatable bonds is 15. The zero-order chi connectivity index (χ0) is 16.5. The van der Waals surface area contributed by atoms with Gasteiger partial charge in [-0.15, -0.1) is 0 Å². The second-order valence-corrected chi connectivity index (χ2v) is 5.83. The molecular formula is C18H32NNaO3. The van der Waals surface area contributed by atoms with Gasteiger partial charge in [-0.3, -0.25) is 4.79 Å². The van der Waals surface area contributed by atoms with Gasteiger partial charge in [0.15, 0.2) is 0 Å². The average Bonchev–Trinajstić information content (AvgIpc) is 2.49. The number of aliphatic carboxylic acids is 1. The van der Waals surface area contributed by atoms with E-state index in [2.05, 4.69) is 12.2 Å². The molecule has 0 spiro atoms. The molecule has 23 heavy (non-hydrogen) atoms. The van der Waals surface area contributed by atoms with Crippen LogP contribution in [0, 0.1) is 0 Å². The third-order valence-electron chi connectivity index (χ3n) is 3.70. The summed E-state index contributed by atoms with van der Waals surface area (Å²) in [6.07, 6.45) is 17.2. The molecule has 0 fully saturated rings. The van der Waals surface area contributed by atoms with Crippen molar-refractivity contribution < 1.29 is 44.3 Å². The molecule has 1 amide bonds. The van der Waals surface area contributed by atoms with Gasteiger partial charge in [0.05, 0.1) is 5.97 Å². The number of carboxylic acid groups (broad SMARTS) is 1. The molecule has 4 nitrogen and oxygen atoms in total. The van der Waals surface area contributed by atoms with Crippen LogP contribution in [0.4, 0.5) is 0 Å². The molecule has 0 rings (SSSR count). The molecular weight excluding hydrogens is 301 g/mol. The monoisotopic (exact) mass is 333 g/mol. The first kappa shape index (κ1) is 24.9. The van der Waals surface area contributed by atoms with Crippen LogP contribution in [-0.4, -0.2) is 18.4 Å². The zero-order valence-corrected chi connectivity index (χ0v) is 17.1. The minimum atomic E-state index is -1.35. The fourth-order valence-electron chi connectivity index (χ4n) is 2.38. The fourth-order valence-corrected chi connectivity index (χ4v) is 2.38. The summed E-state index contributed by atoms with van der Waals surface area (Å²) >= 11 is 0. The second kappa shape index (κ2) is 19.7.